The highest BCUT2D eigenvalue weighted by atomic mass is 32.2. The number of hydrogen-bond acceptors (Lipinski definition) is 5. The number of fused-ring (bicyclic) bond motifs is 1. The van der Waals surface area contributed by atoms with Crippen molar-refractivity contribution in [3.63, 3.8) is 0 Å². The summed E-state index contributed by atoms with van der Waals surface area (Å²) in [7, 11) is -1.82. The fourth-order valence-electron chi connectivity index (χ4n) is 4.15. The summed E-state index contributed by atoms with van der Waals surface area (Å²) in [5.41, 5.74) is 2.40. The molecule has 172 valence electrons. The van der Waals surface area contributed by atoms with E-state index >= 15 is 0 Å². The Labute approximate surface area is 185 Å². The lowest BCUT2D eigenvalue weighted by molar-refractivity contribution is -0.133. The average Bonchev–Trinajstić information content (AvgIpc) is 2.77. The molecule has 2 amide bonds. The number of aryl methyl sites for hydroxylation is 2. The number of nitrogens with zero attached hydrogens (tertiary/aromatic N) is 3. The van der Waals surface area contributed by atoms with Gasteiger partial charge in [0.15, 0.2) is 0 Å². The monoisotopic (exact) mass is 450 g/mol. The largest absolute Gasteiger partial charge is 0.355 e. The van der Waals surface area contributed by atoms with Gasteiger partial charge in [0, 0.05) is 32.7 Å². The van der Waals surface area contributed by atoms with E-state index in [1.165, 1.54) is 9.87 Å². The van der Waals surface area contributed by atoms with Gasteiger partial charge >= 0.3 is 0 Å². The molecular formula is C22H34N4O4S. The number of benzene rings is 1. The Bertz CT molecular complexity index is 895. The molecule has 0 bridgehead atoms. The summed E-state index contributed by atoms with van der Waals surface area (Å²) in [5, 5.41) is 2.79. The molecule has 1 aromatic carbocycles. The molecule has 1 fully saturated rings. The first-order valence-corrected chi connectivity index (χ1v) is 12.6. The second-order valence-corrected chi connectivity index (χ2v) is 10.4. The van der Waals surface area contributed by atoms with E-state index in [-0.39, 0.29) is 38.0 Å². The zero-order valence-corrected chi connectivity index (χ0v) is 19.4. The molecule has 1 aliphatic heterocycles. The predicted molar refractivity (Wildman–Crippen MR) is 119 cm³/mol. The van der Waals surface area contributed by atoms with Gasteiger partial charge in [0.25, 0.3) is 0 Å². The molecule has 0 radical (unpaired) electrons. The number of nitrogens with one attached hydrogen (secondary N) is 1. The van der Waals surface area contributed by atoms with E-state index in [4.69, 9.17) is 0 Å². The third-order valence-corrected chi connectivity index (χ3v) is 7.83. The van der Waals surface area contributed by atoms with Crippen molar-refractivity contribution in [2.75, 3.05) is 52.9 Å². The van der Waals surface area contributed by atoms with Crippen LogP contribution in [0.4, 0.5) is 0 Å². The second-order valence-electron chi connectivity index (χ2n) is 8.44. The highest BCUT2D eigenvalue weighted by Crippen LogP contribution is 2.26. The van der Waals surface area contributed by atoms with Crippen molar-refractivity contribution in [1.82, 2.24) is 19.4 Å². The van der Waals surface area contributed by atoms with Crippen LogP contribution >= 0.6 is 0 Å². The van der Waals surface area contributed by atoms with Gasteiger partial charge in [-0.25, -0.2) is 8.42 Å². The summed E-state index contributed by atoms with van der Waals surface area (Å²) in [6, 6.07) is 5.50. The zero-order chi connectivity index (χ0) is 22.4. The second kappa shape index (κ2) is 10.6. The quantitative estimate of drug-likeness (QED) is 0.634. The molecule has 2 aliphatic rings. The Kier molecular flexibility index (Phi) is 8.07. The lowest BCUT2D eigenvalue weighted by atomic mass is 9.92. The molecule has 1 aliphatic carbocycles. The summed E-state index contributed by atoms with van der Waals surface area (Å²) in [6.45, 7) is 4.20. The van der Waals surface area contributed by atoms with Crippen LogP contribution in [0.1, 0.15) is 37.3 Å². The van der Waals surface area contributed by atoms with E-state index in [1.54, 1.807) is 22.9 Å². The minimum atomic E-state index is -3.56. The molecule has 0 spiro atoms. The molecular weight excluding hydrogens is 416 g/mol. The van der Waals surface area contributed by atoms with Crippen molar-refractivity contribution >= 4 is 21.8 Å². The number of carbonyl (C=O) groups excluding carboxylic acids is 2. The number of piperazine rings is 1. The Morgan fingerprint density at radius 3 is 2.39 bits per heavy atom. The molecule has 0 saturated carbocycles. The van der Waals surface area contributed by atoms with Crippen LogP contribution in [0.15, 0.2) is 23.1 Å². The average molecular weight is 451 g/mol. The zero-order valence-electron chi connectivity index (χ0n) is 18.6. The number of rotatable bonds is 8. The topological polar surface area (TPSA) is 90.0 Å². The summed E-state index contributed by atoms with van der Waals surface area (Å²) in [5.74, 6) is -0.185. The number of carbonyl (C=O) groups is 2. The van der Waals surface area contributed by atoms with Crippen LogP contribution in [-0.4, -0.2) is 87.2 Å². The minimum absolute atomic E-state index is 0.0865. The maximum Gasteiger partial charge on any atom is 0.243 e. The fourth-order valence-corrected chi connectivity index (χ4v) is 5.62. The van der Waals surface area contributed by atoms with Crippen molar-refractivity contribution in [2.24, 2.45) is 0 Å². The van der Waals surface area contributed by atoms with Gasteiger partial charge in [0.05, 0.1) is 18.0 Å². The normalized spacial score (nSPS) is 17.5. The highest BCUT2D eigenvalue weighted by Gasteiger charge is 2.31. The maximum atomic E-state index is 13.1. The van der Waals surface area contributed by atoms with Crippen molar-refractivity contribution in [3.8, 4) is 0 Å². The van der Waals surface area contributed by atoms with Gasteiger partial charge in [-0.15, -0.1) is 0 Å². The van der Waals surface area contributed by atoms with Gasteiger partial charge in [-0.2, -0.15) is 4.31 Å². The summed E-state index contributed by atoms with van der Waals surface area (Å²) in [4.78, 5) is 28.1. The van der Waals surface area contributed by atoms with Crippen LogP contribution in [0.25, 0.3) is 0 Å². The first-order chi connectivity index (χ1) is 14.8. The van der Waals surface area contributed by atoms with Crippen molar-refractivity contribution in [1.29, 1.82) is 0 Å². The van der Waals surface area contributed by atoms with E-state index in [2.05, 4.69) is 5.32 Å². The van der Waals surface area contributed by atoms with Crippen LogP contribution in [-0.2, 0) is 32.5 Å². The molecule has 1 N–H and O–H groups in total. The molecule has 9 heteroatoms. The number of likely N-dealkylation sites (N-methyl/N-ethyl adjacent to an activating group) is 1. The molecule has 3 rings (SSSR count). The maximum absolute atomic E-state index is 13.1. The number of sulfonamides is 1. The van der Waals surface area contributed by atoms with Gasteiger partial charge in [-0.05, 0) is 62.4 Å². The lowest BCUT2D eigenvalue weighted by Crippen LogP contribution is -2.52. The Balaban J connectivity index is 1.52. The first kappa shape index (κ1) is 23.7. The molecule has 0 unspecified atom stereocenters. The number of hydrogen-bond donors (Lipinski definition) is 1. The third kappa shape index (κ3) is 6.05. The standard InChI is InChI=1S/C22H34N4O4S/c1-3-10-23-21(27)16-24(2)17-22(28)25-11-13-26(14-12-25)31(29,30)20-9-8-18-6-4-5-7-19(18)15-20/h8-9,15H,3-7,10-14,16-17H2,1-2H3,(H,23,27). The lowest BCUT2D eigenvalue weighted by Gasteiger charge is -2.35. The van der Waals surface area contributed by atoms with Crippen LogP contribution in [0.5, 0.6) is 0 Å². The third-order valence-electron chi connectivity index (χ3n) is 5.94. The molecule has 1 heterocycles. The summed E-state index contributed by atoms with van der Waals surface area (Å²) < 4.78 is 27.7. The van der Waals surface area contributed by atoms with Crippen molar-refractivity contribution in [2.45, 2.75) is 43.9 Å². The van der Waals surface area contributed by atoms with Gasteiger partial charge in [0.2, 0.25) is 21.8 Å². The summed E-state index contributed by atoms with van der Waals surface area (Å²) in [6.07, 6.45) is 5.09. The fraction of sp³-hybridized carbons (Fsp3) is 0.636. The molecule has 0 atom stereocenters. The predicted octanol–water partition coefficient (Wildman–Crippen LogP) is 0.856. The van der Waals surface area contributed by atoms with Crippen molar-refractivity contribution < 1.29 is 18.0 Å². The van der Waals surface area contributed by atoms with Crippen LogP contribution in [0.2, 0.25) is 0 Å². The highest BCUT2D eigenvalue weighted by molar-refractivity contribution is 7.89. The number of amides is 2. The van der Waals surface area contributed by atoms with Crippen LogP contribution in [0.3, 0.4) is 0 Å². The van der Waals surface area contributed by atoms with E-state index in [1.807, 2.05) is 19.1 Å². The van der Waals surface area contributed by atoms with E-state index in [0.717, 1.165) is 37.7 Å². The van der Waals surface area contributed by atoms with Crippen LogP contribution < -0.4 is 5.32 Å². The Morgan fingerprint density at radius 1 is 1.03 bits per heavy atom. The first-order valence-electron chi connectivity index (χ1n) is 11.2. The van der Waals surface area contributed by atoms with Gasteiger partial charge in [-0.1, -0.05) is 13.0 Å². The van der Waals surface area contributed by atoms with E-state index in [0.29, 0.717) is 24.5 Å². The molecule has 1 aromatic rings. The van der Waals surface area contributed by atoms with Gasteiger partial charge in [-0.3, -0.25) is 14.5 Å². The van der Waals surface area contributed by atoms with Gasteiger partial charge in [0.1, 0.15) is 0 Å². The molecule has 31 heavy (non-hydrogen) atoms. The molecule has 1 saturated heterocycles. The Morgan fingerprint density at radius 2 is 1.71 bits per heavy atom. The van der Waals surface area contributed by atoms with Gasteiger partial charge < -0.3 is 10.2 Å². The van der Waals surface area contributed by atoms with E-state index in [9.17, 15) is 18.0 Å². The minimum Gasteiger partial charge on any atom is -0.355 e. The summed E-state index contributed by atoms with van der Waals surface area (Å²) >= 11 is 0. The smallest absolute Gasteiger partial charge is 0.243 e. The molecule has 8 nitrogen and oxygen atoms in total. The Hall–Kier alpha value is -1.97. The van der Waals surface area contributed by atoms with Crippen LogP contribution in [0, 0.1) is 0 Å². The van der Waals surface area contributed by atoms with Crippen molar-refractivity contribution in [3.05, 3.63) is 29.3 Å². The van der Waals surface area contributed by atoms with E-state index < -0.39 is 10.0 Å². The molecule has 0 aromatic heterocycles. The SMILES string of the molecule is CCCNC(=O)CN(C)CC(=O)N1CCN(S(=O)(=O)c2ccc3c(c2)CCCC3)CC1.